The third-order valence-corrected chi connectivity index (χ3v) is 15.1. The van der Waals surface area contributed by atoms with Gasteiger partial charge in [-0.2, -0.15) is 0 Å². The second-order valence-corrected chi connectivity index (χ2v) is 18.2. The zero-order valence-corrected chi connectivity index (χ0v) is 37.0. The highest BCUT2D eigenvalue weighted by Crippen LogP contribution is 2.64. The summed E-state index contributed by atoms with van der Waals surface area (Å²) >= 11 is 1.44. The normalized spacial score (nSPS) is 26.5. The molecule has 0 aliphatic carbocycles. The predicted octanol–water partition coefficient (Wildman–Crippen LogP) is 5.42. The minimum absolute atomic E-state index is 0.0140. The summed E-state index contributed by atoms with van der Waals surface area (Å²) in [7, 11) is 4.93. The van der Waals surface area contributed by atoms with Gasteiger partial charge in [0.15, 0.2) is 40.0 Å². The van der Waals surface area contributed by atoms with Crippen molar-refractivity contribution in [3.05, 3.63) is 98.6 Å². The molecule has 0 amide bonds. The van der Waals surface area contributed by atoms with E-state index in [0.717, 1.165) is 22.3 Å². The van der Waals surface area contributed by atoms with Crippen LogP contribution in [0, 0.1) is 13.8 Å². The largest absolute Gasteiger partial charge is 0.514 e. The highest BCUT2D eigenvalue weighted by molar-refractivity contribution is 7.99. The Bertz CT molecular complexity index is 2590. The Morgan fingerprint density at radius 2 is 1.73 bits per heavy atom. The molecule has 64 heavy (non-hydrogen) atoms. The lowest BCUT2D eigenvalue weighted by atomic mass is 9.73. The second kappa shape index (κ2) is 16.1. The van der Waals surface area contributed by atoms with Gasteiger partial charge in [-0.1, -0.05) is 36.4 Å². The van der Waals surface area contributed by atoms with E-state index in [1.807, 2.05) is 62.2 Å². The second-order valence-electron chi connectivity index (χ2n) is 17.0. The SMILES string of the molecule is COc1cc2c(cc1OC(=O)OCc1ccccc1)CCN[C@]21CS[C@@H]2c3c(OC(C)=O)c(C)c4c(c3[C@H](COC1=O)N1C2C2c3c(cc(C)c(OC)c3O)C[C@@H]([C@@H]1O)N2C)OCO4. The van der Waals surface area contributed by atoms with Crippen LogP contribution in [0.25, 0.3) is 0 Å². The van der Waals surface area contributed by atoms with Gasteiger partial charge in [0.05, 0.1) is 37.6 Å². The predicted molar refractivity (Wildman–Crippen MR) is 230 cm³/mol. The first kappa shape index (κ1) is 42.2. The van der Waals surface area contributed by atoms with Gasteiger partial charge >= 0.3 is 18.1 Å². The summed E-state index contributed by atoms with van der Waals surface area (Å²) in [5.41, 5.74) is 4.80. The van der Waals surface area contributed by atoms with Gasteiger partial charge < -0.3 is 48.1 Å². The summed E-state index contributed by atoms with van der Waals surface area (Å²) in [6.45, 7) is 5.11. The zero-order chi connectivity index (χ0) is 44.8. The molecule has 17 heteroatoms. The third kappa shape index (κ3) is 6.45. The molecule has 0 saturated carbocycles. The number of carbonyl (C=O) groups is 3. The number of rotatable bonds is 6. The van der Waals surface area contributed by atoms with Gasteiger partial charge in [0.1, 0.15) is 25.2 Å². The summed E-state index contributed by atoms with van der Waals surface area (Å²) in [5.74, 6) is 0.839. The fraction of sp³-hybridized carbons (Fsp3) is 0.426. The van der Waals surface area contributed by atoms with Crippen molar-refractivity contribution in [2.75, 3.05) is 47.0 Å². The molecule has 1 spiro atoms. The van der Waals surface area contributed by atoms with E-state index in [1.165, 1.54) is 32.9 Å². The molecule has 2 fully saturated rings. The molecular formula is C47H49N3O13S. The fourth-order valence-electron chi connectivity index (χ4n) is 10.9. The molecule has 0 radical (unpaired) electrons. The number of esters is 2. The minimum Gasteiger partial charge on any atom is -0.504 e. The monoisotopic (exact) mass is 895 g/mol. The van der Waals surface area contributed by atoms with E-state index in [2.05, 4.69) is 10.2 Å². The van der Waals surface area contributed by atoms with E-state index < -0.39 is 59.3 Å². The van der Waals surface area contributed by atoms with Gasteiger partial charge in [-0.05, 0) is 73.7 Å². The molecule has 11 rings (SSSR count). The van der Waals surface area contributed by atoms with Crippen LogP contribution in [0.2, 0.25) is 0 Å². The first-order valence-electron chi connectivity index (χ1n) is 21.2. The number of phenols is 1. The molecule has 7 aliphatic heterocycles. The molecule has 0 aromatic heterocycles. The molecule has 7 atom stereocenters. The standard InChI is InChI=1S/C47H49N3O13S/c1-22-14-27-15-29-44(53)50-30-19-58-45(54)47(28-17-31(56-5)32(16-26(28)12-13-48-47)63-46(55)59-18-25-10-8-7-9-11-25)20-64-43(37(50)36(49(29)4)33(27)38(52)39(22)57-6)35-34(30)42-41(60-21-61-42)23(2)40(35)62-24(3)51/h7-11,14,16-17,29-30,36-37,43-44,48,52-53H,12-13,15,18-21H2,1-6H3/t29-,30-,36?,37?,43+,44-,47+/m0/s1. The quantitative estimate of drug-likeness (QED) is 0.127. The number of ether oxygens (including phenoxy) is 8. The lowest BCUT2D eigenvalue weighted by Crippen LogP contribution is -2.70. The lowest BCUT2D eigenvalue weighted by Gasteiger charge is -2.62. The maximum Gasteiger partial charge on any atom is 0.514 e. The molecule has 4 aromatic carbocycles. The number of fused-ring (bicyclic) bond motifs is 9. The summed E-state index contributed by atoms with van der Waals surface area (Å²) in [4.78, 5) is 45.2. The number of likely N-dealkylation sites (N-methyl/N-ethyl adjacent to an activating group) is 1. The van der Waals surface area contributed by atoms with Gasteiger partial charge in [0, 0.05) is 47.5 Å². The maximum absolute atomic E-state index is 15.0. The van der Waals surface area contributed by atoms with Crippen LogP contribution in [0.3, 0.4) is 0 Å². The molecule has 4 bridgehead atoms. The number of carbonyl (C=O) groups excluding carboxylic acids is 3. The highest BCUT2D eigenvalue weighted by atomic mass is 32.2. The summed E-state index contributed by atoms with van der Waals surface area (Å²) in [6, 6.07) is 12.3. The molecule has 2 saturated heterocycles. The van der Waals surface area contributed by atoms with Crippen molar-refractivity contribution < 1.29 is 62.5 Å². The number of hydrogen-bond acceptors (Lipinski definition) is 17. The number of aliphatic hydroxyl groups excluding tert-OH is 1. The van der Waals surface area contributed by atoms with Crippen molar-refractivity contribution in [3.8, 4) is 40.2 Å². The fourth-order valence-corrected chi connectivity index (χ4v) is 12.6. The van der Waals surface area contributed by atoms with E-state index in [0.29, 0.717) is 70.2 Å². The first-order valence-corrected chi connectivity index (χ1v) is 22.3. The number of nitrogens with zero attached hydrogens (tertiary/aromatic N) is 2. The molecule has 16 nitrogen and oxygen atoms in total. The van der Waals surface area contributed by atoms with Gasteiger partial charge in [-0.25, -0.2) is 9.59 Å². The van der Waals surface area contributed by atoms with Crippen LogP contribution in [0.5, 0.6) is 40.2 Å². The number of phenolic OH excluding ortho intramolecular Hbond substituents is 1. The number of benzene rings is 4. The third-order valence-electron chi connectivity index (χ3n) is 13.6. The molecule has 336 valence electrons. The van der Waals surface area contributed by atoms with Crippen LogP contribution in [0.15, 0.2) is 48.5 Å². The Morgan fingerprint density at radius 3 is 2.48 bits per heavy atom. The number of methoxy groups -OCH3 is 2. The Hall–Kier alpha value is -5.72. The van der Waals surface area contributed by atoms with E-state index in [9.17, 15) is 19.8 Å². The minimum atomic E-state index is -1.46. The van der Waals surface area contributed by atoms with Crippen LogP contribution in [-0.2, 0) is 44.1 Å². The average molecular weight is 896 g/mol. The van der Waals surface area contributed by atoms with Crippen LogP contribution in [-0.4, -0.2) is 103 Å². The van der Waals surface area contributed by atoms with Crippen molar-refractivity contribution >= 4 is 29.9 Å². The van der Waals surface area contributed by atoms with Crippen molar-refractivity contribution in [2.24, 2.45) is 0 Å². The van der Waals surface area contributed by atoms with Crippen molar-refractivity contribution in [3.63, 3.8) is 0 Å². The maximum atomic E-state index is 15.0. The number of thioether (sulfide) groups is 1. The molecule has 3 N–H and O–H groups in total. The van der Waals surface area contributed by atoms with E-state index >= 15 is 4.79 Å². The van der Waals surface area contributed by atoms with Crippen LogP contribution < -0.4 is 33.7 Å². The van der Waals surface area contributed by atoms with Crippen LogP contribution in [0.4, 0.5) is 4.79 Å². The van der Waals surface area contributed by atoms with Gasteiger partial charge in [-0.3, -0.25) is 19.9 Å². The molecule has 4 aromatic rings. The van der Waals surface area contributed by atoms with Gasteiger partial charge in [0.2, 0.25) is 6.79 Å². The smallest absolute Gasteiger partial charge is 0.504 e. The summed E-state index contributed by atoms with van der Waals surface area (Å²) in [6.07, 6.45) is -1.08. The molecule has 7 heterocycles. The van der Waals surface area contributed by atoms with Crippen molar-refractivity contribution in [1.82, 2.24) is 15.1 Å². The number of piperazine rings is 1. The number of aromatic hydroxyl groups is 1. The summed E-state index contributed by atoms with van der Waals surface area (Å²) < 4.78 is 47.6. The molecular weight excluding hydrogens is 847 g/mol. The molecule has 2 unspecified atom stereocenters. The average Bonchev–Trinajstić information content (AvgIpc) is 3.78. The van der Waals surface area contributed by atoms with Crippen molar-refractivity contribution in [2.45, 2.75) is 81.4 Å². The van der Waals surface area contributed by atoms with E-state index in [1.54, 1.807) is 12.1 Å². The highest BCUT2D eigenvalue weighted by Gasteiger charge is 2.61. The lowest BCUT2D eigenvalue weighted by molar-refractivity contribution is -0.186. The Kier molecular flexibility index (Phi) is 10.6. The number of aryl methyl sites for hydroxylation is 1. The number of hydrogen-bond donors (Lipinski definition) is 3. The van der Waals surface area contributed by atoms with E-state index in [4.69, 9.17) is 37.9 Å². The van der Waals surface area contributed by atoms with Crippen LogP contribution in [0.1, 0.15) is 74.3 Å². The molecule has 7 aliphatic rings. The topological polar surface area (TPSA) is 184 Å². The van der Waals surface area contributed by atoms with Gasteiger partial charge in [0.25, 0.3) is 0 Å². The van der Waals surface area contributed by atoms with E-state index in [-0.39, 0.29) is 43.0 Å². The first-order chi connectivity index (χ1) is 30.9. The summed E-state index contributed by atoms with van der Waals surface area (Å²) in [5, 5.41) is 27.7. The Labute approximate surface area is 373 Å². The van der Waals surface area contributed by atoms with Gasteiger partial charge in [-0.15, -0.1) is 11.8 Å². The van der Waals surface area contributed by atoms with Crippen LogP contribution >= 0.6 is 11.8 Å². The number of aliphatic hydroxyl groups is 1. The number of nitrogens with one attached hydrogen (secondary N) is 1. The Balaban J connectivity index is 1.12. The zero-order valence-electron chi connectivity index (χ0n) is 36.2. The Morgan fingerprint density at radius 1 is 0.953 bits per heavy atom. The van der Waals surface area contributed by atoms with Crippen molar-refractivity contribution in [1.29, 1.82) is 0 Å².